The lowest BCUT2D eigenvalue weighted by atomic mass is 10.0. The minimum Gasteiger partial charge on any atom is -0.362 e. The van der Waals surface area contributed by atoms with E-state index in [0.29, 0.717) is 6.54 Å². The Balaban J connectivity index is 2.47. The number of para-hydroxylation sites is 1. The van der Waals surface area contributed by atoms with Crippen LogP contribution in [0.5, 0.6) is 0 Å². The largest absolute Gasteiger partial charge is 0.362 e. The van der Waals surface area contributed by atoms with E-state index in [1.54, 1.807) is 11.0 Å². The maximum Gasteiger partial charge on any atom is 0.258 e. The van der Waals surface area contributed by atoms with Gasteiger partial charge < -0.3 is 10.2 Å². The van der Waals surface area contributed by atoms with E-state index in [9.17, 15) is 4.79 Å². The fourth-order valence-electron chi connectivity index (χ4n) is 2.02. The Morgan fingerprint density at radius 3 is 2.81 bits per heavy atom. The van der Waals surface area contributed by atoms with Crippen molar-refractivity contribution >= 4 is 11.6 Å². The van der Waals surface area contributed by atoms with Gasteiger partial charge in [-0.25, -0.2) is 0 Å². The zero-order valence-corrected chi connectivity index (χ0v) is 9.66. The molecule has 84 valence electrons. The van der Waals surface area contributed by atoms with Crippen LogP contribution < -0.4 is 5.32 Å². The average molecular weight is 216 g/mol. The van der Waals surface area contributed by atoms with Crippen LogP contribution in [0.1, 0.15) is 24.2 Å². The number of amides is 1. The van der Waals surface area contributed by atoms with Crippen molar-refractivity contribution in [1.29, 1.82) is 0 Å². The summed E-state index contributed by atoms with van der Waals surface area (Å²) >= 11 is 0. The zero-order chi connectivity index (χ0) is 11.8. The number of rotatable bonds is 2. The Hall–Kier alpha value is -1.77. The van der Waals surface area contributed by atoms with E-state index in [1.807, 2.05) is 38.1 Å². The molecule has 0 saturated carbocycles. The van der Waals surface area contributed by atoms with Gasteiger partial charge in [-0.15, -0.1) is 6.58 Å². The van der Waals surface area contributed by atoms with Gasteiger partial charge >= 0.3 is 0 Å². The third-order valence-electron chi connectivity index (χ3n) is 2.83. The van der Waals surface area contributed by atoms with Gasteiger partial charge in [0.25, 0.3) is 5.91 Å². The van der Waals surface area contributed by atoms with Crippen molar-refractivity contribution in [3.8, 4) is 0 Å². The third kappa shape index (κ3) is 1.58. The van der Waals surface area contributed by atoms with E-state index in [1.165, 1.54) is 0 Å². The molecule has 2 rings (SSSR count). The van der Waals surface area contributed by atoms with E-state index in [2.05, 4.69) is 11.9 Å². The molecule has 1 aliphatic rings. The van der Waals surface area contributed by atoms with Crippen LogP contribution >= 0.6 is 0 Å². The molecule has 1 aromatic carbocycles. The first kappa shape index (κ1) is 10.7. The average Bonchev–Trinajstić information content (AvgIpc) is 2.23. The highest BCUT2D eigenvalue weighted by Crippen LogP contribution is 2.30. The molecule has 0 saturated heterocycles. The predicted molar refractivity (Wildman–Crippen MR) is 65.4 cm³/mol. The summed E-state index contributed by atoms with van der Waals surface area (Å²) in [5.41, 5.74) is 1.25. The van der Waals surface area contributed by atoms with Crippen molar-refractivity contribution in [2.75, 3.05) is 11.9 Å². The maximum absolute atomic E-state index is 12.3. The van der Waals surface area contributed by atoms with E-state index in [-0.39, 0.29) is 11.6 Å². The van der Waals surface area contributed by atoms with Crippen molar-refractivity contribution < 1.29 is 4.79 Å². The molecule has 3 nitrogen and oxygen atoms in total. The van der Waals surface area contributed by atoms with Gasteiger partial charge in [0.15, 0.2) is 0 Å². The molecular weight excluding hydrogens is 200 g/mol. The van der Waals surface area contributed by atoms with Crippen LogP contribution in [0, 0.1) is 0 Å². The maximum atomic E-state index is 12.3. The quantitative estimate of drug-likeness (QED) is 0.770. The number of benzene rings is 1. The van der Waals surface area contributed by atoms with Gasteiger partial charge in [-0.2, -0.15) is 0 Å². The first-order chi connectivity index (χ1) is 7.56. The smallest absolute Gasteiger partial charge is 0.258 e. The highest BCUT2D eigenvalue weighted by Gasteiger charge is 2.36. The lowest BCUT2D eigenvalue weighted by Crippen LogP contribution is -2.56. The molecule has 1 heterocycles. The number of anilines is 1. The molecule has 1 aliphatic heterocycles. The first-order valence-corrected chi connectivity index (χ1v) is 5.36. The highest BCUT2D eigenvalue weighted by atomic mass is 16.2. The number of hydrogen-bond donors (Lipinski definition) is 1. The number of carbonyl (C=O) groups is 1. The minimum atomic E-state index is -0.375. The van der Waals surface area contributed by atoms with Crippen molar-refractivity contribution in [3.05, 3.63) is 42.5 Å². The van der Waals surface area contributed by atoms with Crippen LogP contribution in [0.3, 0.4) is 0 Å². The molecule has 0 radical (unpaired) electrons. The molecule has 0 aliphatic carbocycles. The van der Waals surface area contributed by atoms with E-state index in [0.717, 1.165) is 11.3 Å². The molecule has 3 heteroatoms. The van der Waals surface area contributed by atoms with Gasteiger partial charge in [0, 0.05) is 12.2 Å². The van der Waals surface area contributed by atoms with Crippen LogP contribution in [0.2, 0.25) is 0 Å². The van der Waals surface area contributed by atoms with E-state index >= 15 is 0 Å². The summed E-state index contributed by atoms with van der Waals surface area (Å²) in [5.74, 6) is 0.0549. The van der Waals surface area contributed by atoms with Crippen molar-refractivity contribution in [2.24, 2.45) is 0 Å². The monoisotopic (exact) mass is 216 g/mol. The van der Waals surface area contributed by atoms with Gasteiger partial charge in [-0.1, -0.05) is 18.2 Å². The van der Waals surface area contributed by atoms with Crippen molar-refractivity contribution in [2.45, 2.75) is 19.5 Å². The van der Waals surface area contributed by atoms with Crippen LogP contribution in [-0.4, -0.2) is 23.0 Å². The number of nitrogens with zero attached hydrogens (tertiary/aromatic N) is 1. The van der Waals surface area contributed by atoms with Crippen molar-refractivity contribution in [3.63, 3.8) is 0 Å². The number of hydrogen-bond acceptors (Lipinski definition) is 2. The molecule has 0 fully saturated rings. The standard InChI is InChI=1S/C13H16N2O/c1-4-9-15-12(16)10-7-5-6-8-11(10)14-13(15,2)3/h4-8,14H,1,9H2,2-3H3. The second-order valence-corrected chi connectivity index (χ2v) is 4.43. The molecule has 0 spiro atoms. The number of nitrogens with one attached hydrogen (secondary N) is 1. The normalized spacial score (nSPS) is 17.6. The fourth-order valence-corrected chi connectivity index (χ4v) is 2.02. The van der Waals surface area contributed by atoms with Crippen LogP contribution in [0.15, 0.2) is 36.9 Å². The summed E-state index contributed by atoms with van der Waals surface area (Å²) in [4.78, 5) is 14.0. The van der Waals surface area contributed by atoms with Gasteiger partial charge in [0.1, 0.15) is 5.66 Å². The first-order valence-electron chi connectivity index (χ1n) is 5.36. The third-order valence-corrected chi connectivity index (χ3v) is 2.83. The van der Waals surface area contributed by atoms with Gasteiger partial charge in [0.2, 0.25) is 0 Å². The number of fused-ring (bicyclic) bond motifs is 1. The lowest BCUT2D eigenvalue weighted by Gasteiger charge is -2.43. The molecule has 1 aromatic rings. The SMILES string of the molecule is C=CCN1C(=O)c2ccccc2NC1(C)C. The molecular formula is C13H16N2O. The van der Waals surface area contributed by atoms with E-state index in [4.69, 9.17) is 0 Å². The lowest BCUT2D eigenvalue weighted by molar-refractivity contribution is 0.0609. The predicted octanol–water partition coefficient (Wildman–Crippen LogP) is 2.48. The molecule has 0 bridgehead atoms. The van der Waals surface area contributed by atoms with Crippen LogP contribution in [0.25, 0.3) is 0 Å². The molecule has 0 atom stereocenters. The van der Waals surface area contributed by atoms with Crippen LogP contribution in [0.4, 0.5) is 5.69 Å². The minimum absolute atomic E-state index is 0.0549. The molecule has 16 heavy (non-hydrogen) atoms. The van der Waals surface area contributed by atoms with Gasteiger partial charge in [0.05, 0.1) is 5.56 Å². The van der Waals surface area contributed by atoms with Crippen LogP contribution in [-0.2, 0) is 0 Å². The summed E-state index contributed by atoms with van der Waals surface area (Å²) in [6, 6.07) is 7.58. The van der Waals surface area contributed by atoms with Gasteiger partial charge in [-0.3, -0.25) is 4.79 Å². The Bertz CT molecular complexity index is 437. The summed E-state index contributed by atoms with van der Waals surface area (Å²) in [5, 5.41) is 3.36. The molecule has 1 amide bonds. The highest BCUT2D eigenvalue weighted by molar-refractivity contribution is 6.02. The Labute approximate surface area is 95.8 Å². The fraction of sp³-hybridized carbons (Fsp3) is 0.308. The molecule has 1 N–H and O–H groups in total. The zero-order valence-electron chi connectivity index (χ0n) is 9.66. The van der Waals surface area contributed by atoms with Gasteiger partial charge in [-0.05, 0) is 26.0 Å². The summed E-state index contributed by atoms with van der Waals surface area (Å²) < 4.78 is 0. The summed E-state index contributed by atoms with van der Waals surface area (Å²) in [7, 11) is 0. The Morgan fingerprint density at radius 1 is 1.44 bits per heavy atom. The second kappa shape index (κ2) is 3.67. The van der Waals surface area contributed by atoms with E-state index < -0.39 is 0 Å². The number of carbonyl (C=O) groups excluding carboxylic acids is 1. The summed E-state index contributed by atoms with van der Waals surface area (Å²) in [6.45, 7) is 8.22. The Kier molecular flexibility index (Phi) is 2.46. The Morgan fingerprint density at radius 2 is 2.12 bits per heavy atom. The molecule has 0 aromatic heterocycles. The second-order valence-electron chi connectivity index (χ2n) is 4.43. The molecule has 0 unspecified atom stereocenters. The summed E-state index contributed by atoms with van der Waals surface area (Å²) in [6.07, 6.45) is 1.75. The van der Waals surface area contributed by atoms with Crippen molar-refractivity contribution in [1.82, 2.24) is 4.90 Å². The topological polar surface area (TPSA) is 32.3 Å².